The van der Waals surface area contributed by atoms with Crippen LogP contribution in [0.2, 0.25) is 0 Å². The Balaban J connectivity index is 2.56. The van der Waals surface area contributed by atoms with Crippen molar-refractivity contribution in [3.8, 4) is 0 Å². The maximum atomic E-state index is 12.1. The monoisotopic (exact) mass is 256 g/mol. The first-order valence-electron chi connectivity index (χ1n) is 6.98. The number of carbonyl (C=O) groups excluding carboxylic acids is 1. The first-order chi connectivity index (χ1) is 8.24. The highest BCUT2D eigenvalue weighted by atomic mass is 16.3. The summed E-state index contributed by atoms with van der Waals surface area (Å²) in [5, 5.41) is 12.9. The highest BCUT2D eigenvalue weighted by molar-refractivity contribution is 5.81. The van der Waals surface area contributed by atoms with E-state index >= 15 is 0 Å². The number of nitrogens with zero attached hydrogens (tertiary/aromatic N) is 1. The van der Waals surface area contributed by atoms with Gasteiger partial charge in [-0.2, -0.15) is 0 Å². The van der Waals surface area contributed by atoms with Gasteiger partial charge in [-0.15, -0.1) is 0 Å². The average Bonchev–Trinajstić information content (AvgIpc) is 2.26. The van der Waals surface area contributed by atoms with Crippen LogP contribution in [0, 0.1) is 5.92 Å². The van der Waals surface area contributed by atoms with E-state index in [0.717, 1.165) is 25.9 Å². The molecule has 1 heterocycles. The molecule has 1 aliphatic heterocycles. The quantitative estimate of drug-likeness (QED) is 0.802. The lowest BCUT2D eigenvalue weighted by Crippen LogP contribution is -2.54. The largest absolute Gasteiger partial charge is 0.393 e. The molecule has 1 aliphatic rings. The number of hydrogen-bond donors (Lipinski definition) is 2. The predicted octanol–water partition coefficient (Wildman–Crippen LogP) is 1.38. The molecule has 0 aromatic carbocycles. The van der Waals surface area contributed by atoms with Crippen LogP contribution >= 0.6 is 0 Å². The van der Waals surface area contributed by atoms with Crippen molar-refractivity contribution in [3.05, 3.63) is 0 Å². The second kappa shape index (κ2) is 6.02. The van der Waals surface area contributed by atoms with Gasteiger partial charge in [-0.3, -0.25) is 9.69 Å². The maximum absolute atomic E-state index is 12.1. The number of amides is 1. The zero-order chi connectivity index (χ0) is 13.9. The molecule has 1 saturated heterocycles. The third kappa shape index (κ3) is 4.25. The van der Waals surface area contributed by atoms with Crippen molar-refractivity contribution in [1.82, 2.24) is 10.2 Å². The molecule has 0 saturated carbocycles. The van der Waals surface area contributed by atoms with E-state index in [2.05, 4.69) is 17.1 Å². The number of likely N-dealkylation sites (tertiary alicyclic amines) is 1. The minimum atomic E-state index is -0.205. The number of hydrogen-bond acceptors (Lipinski definition) is 3. The first kappa shape index (κ1) is 15.4. The number of aliphatic hydroxyl groups is 1. The molecule has 2 N–H and O–H groups in total. The van der Waals surface area contributed by atoms with Crippen molar-refractivity contribution in [2.45, 2.75) is 65.1 Å². The Labute approximate surface area is 111 Å². The Morgan fingerprint density at radius 1 is 1.50 bits per heavy atom. The van der Waals surface area contributed by atoms with Gasteiger partial charge in [0, 0.05) is 18.6 Å². The summed E-state index contributed by atoms with van der Waals surface area (Å²) in [5.41, 5.74) is -0.190. The van der Waals surface area contributed by atoms with Crippen molar-refractivity contribution in [3.63, 3.8) is 0 Å². The zero-order valence-corrected chi connectivity index (χ0v) is 12.4. The van der Waals surface area contributed by atoms with Crippen molar-refractivity contribution in [2.24, 2.45) is 5.92 Å². The van der Waals surface area contributed by atoms with Crippen molar-refractivity contribution in [2.75, 3.05) is 13.1 Å². The molecule has 3 atom stereocenters. The molecule has 0 bridgehead atoms. The lowest BCUT2D eigenvalue weighted by atomic mass is 9.91. The molecular formula is C14H28N2O2. The van der Waals surface area contributed by atoms with E-state index in [1.807, 2.05) is 27.7 Å². The molecule has 0 radical (unpaired) electrons. The third-order valence-corrected chi connectivity index (χ3v) is 3.67. The maximum Gasteiger partial charge on any atom is 0.237 e. The minimum absolute atomic E-state index is 0.0775. The van der Waals surface area contributed by atoms with Crippen LogP contribution < -0.4 is 5.32 Å². The summed E-state index contributed by atoms with van der Waals surface area (Å²) in [4.78, 5) is 14.3. The molecule has 18 heavy (non-hydrogen) atoms. The highest BCUT2D eigenvalue weighted by Crippen LogP contribution is 2.21. The molecular weight excluding hydrogens is 228 g/mol. The number of rotatable bonds is 3. The van der Waals surface area contributed by atoms with E-state index in [1.165, 1.54) is 0 Å². The van der Waals surface area contributed by atoms with Crippen molar-refractivity contribution < 1.29 is 9.90 Å². The van der Waals surface area contributed by atoms with Gasteiger partial charge in [0.2, 0.25) is 5.91 Å². The van der Waals surface area contributed by atoms with Crippen LogP contribution in [0.15, 0.2) is 0 Å². The molecule has 0 spiro atoms. The Kier molecular flexibility index (Phi) is 5.17. The van der Waals surface area contributed by atoms with Gasteiger partial charge in [0.05, 0.1) is 12.1 Å². The van der Waals surface area contributed by atoms with Gasteiger partial charge in [-0.05, 0) is 46.5 Å². The second-order valence-electron chi connectivity index (χ2n) is 6.43. The highest BCUT2D eigenvalue weighted by Gasteiger charge is 2.32. The number of carbonyl (C=O) groups is 1. The number of aliphatic hydroxyl groups excluding tert-OH is 1. The summed E-state index contributed by atoms with van der Waals surface area (Å²) >= 11 is 0. The van der Waals surface area contributed by atoms with E-state index in [1.54, 1.807) is 0 Å². The molecule has 0 aromatic rings. The lowest BCUT2D eigenvalue weighted by Gasteiger charge is -2.39. The van der Waals surface area contributed by atoms with E-state index in [0.29, 0.717) is 5.92 Å². The summed E-state index contributed by atoms with van der Waals surface area (Å²) < 4.78 is 0. The van der Waals surface area contributed by atoms with Crippen LogP contribution in [0.4, 0.5) is 0 Å². The Hall–Kier alpha value is -0.610. The molecule has 1 rings (SSSR count). The topological polar surface area (TPSA) is 52.6 Å². The van der Waals surface area contributed by atoms with Gasteiger partial charge < -0.3 is 10.4 Å². The molecule has 1 fully saturated rings. The Morgan fingerprint density at radius 3 is 2.61 bits per heavy atom. The summed E-state index contributed by atoms with van der Waals surface area (Å²) in [7, 11) is 0. The van der Waals surface area contributed by atoms with E-state index in [-0.39, 0.29) is 23.6 Å². The SMILES string of the molecule is CCC1CN(C(C)C(=O)NC(C)(C)C)CCC1O. The molecule has 3 unspecified atom stereocenters. The minimum Gasteiger partial charge on any atom is -0.393 e. The number of piperidine rings is 1. The van der Waals surface area contributed by atoms with Crippen LogP contribution in [0.5, 0.6) is 0 Å². The fraction of sp³-hybridized carbons (Fsp3) is 0.929. The summed E-state index contributed by atoms with van der Waals surface area (Å²) in [6, 6.07) is -0.120. The van der Waals surface area contributed by atoms with Gasteiger partial charge in [0.15, 0.2) is 0 Å². The van der Waals surface area contributed by atoms with Crippen LogP contribution in [-0.2, 0) is 4.79 Å². The second-order valence-corrected chi connectivity index (χ2v) is 6.43. The van der Waals surface area contributed by atoms with Gasteiger partial charge in [0.25, 0.3) is 0 Å². The molecule has 4 heteroatoms. The standard InChI is InChI=1S/C14H28N2O2/c1-6-11-9-16(8-7-12(11)17)10(2)13(18)15-14(3,4)5/h10-12,17H,6-9H2,1-5H3,(H,15,18). The van der Waals surface area contributed by atoms with Crippen molar-refractivity contribution in [1.29, 1.82) is 0 Å². The summed E-state index contributed by atoms with van der Waals surface area (Å²) in [6.07, 6.45) is 1.53. The number of nitrogens with one attached hydrogen (secondary N) is 1. The first-order valence-corrected chi connectivity index (χ1v) is 6.98. The molecule has 0 aromatic heterocycles. The van der Waals surface area contributed by atoms with Crippen LogP contribution in [0.25, 0.3) is 0 Å². The Morgan fingerprint density at radius 2 is 2.11 bits per heavy atom. The lowest BCUT2D eigenvalue weighted by molar-refractivity contribution is -0.129. The zero-order valence-electron chi connectivity index (χ0n) is 12.4. The molecule has 0 aliphatic carbocycles. The smallest absolute Gasteiger partial charge is 0.237 e. The fourth-order valence-electron chi connectivity index (χ4n) is 2.44. The van der Waals surface area contributed by atoms with Gasteiger partial charge in [0.1, 0.15) is 0 Å². The molecule has 106 valence electrons. The van der Waals surface area contributed by atoms with E-state index in [4.69, 9.17) is 0 Å². The van der Waals surface area contributed by atoms with Crippen molar-refractivity contribution >= 4 is 5.91 Å². The van der Waals surface area contributed by atoms with Crippen LogP contribution in [-0.4, -0.2) is 46.7 Å². The van der Waals surface area contributed by atoms with Gasteiger partial charge in [-0.1, -0.05) is 6.92 Å². The third-order valence-electron chi connectivity index (χ3n) is 3.67. The van der Waals surface area contributed by atoms with Crippen LogP contribution in [0.1, 0.15) is 47.5 Å². The summed E-state index contributed by atoms with van der Waals surface area (Å²) in [6.45, 7) is 11.6. The average molecular weight is 256 g/mol. The Bertz CT molecular complexity index is 286. The fourth-order valence-corrected chi connectivity index (χ4v) is 2.44. The van der Waals surface area contributed by atoms with Gasteiger partial charge in [-0.25, -0.2) is 0 Å². The summed E-state index contributed by atoms with van der Waals surface area (Å²) in [5.74, 6) is 0.373. The van der Waals surface area contributed by atoms with Gasteiger partial charge >= 0.3 is 0 Å². The van der Waals surface area contributed by atoms with E-state index in [9.17, 15) is 9.90 Å². The van der Waals surface area contributed by atoms with E-state index < -0.39 is 0 Å². The molecule has 4 nitrogen and oxygen atoms in total. The normalized spacial score (nSPS) is 27.9. The van der Waals surface area contributed by atoms with Crippen LogP contribution in [0.3, 0.4) is 0 Å². The molecule has 1 amide bonds. The predicted molar refractivity (Wildman–Crippen MR) is 73.3 cm³/mol.